The average Bonchev–Trinajstić information content (AvgIpc) is 3.50. The molecule has 1 amide bonds. The number of nitrogens with two attached hydrogens (primary N) is 1. The Hall–Kier alpha value is -3.95. The molecule has 1 aliphatic rings. The van der Waals surface area contributed by atoms with Gasteiger partial charge in [-0.25, -0.2) is 4.98 Å². The number of rotatable bonds is 4. The number of nitrogens with zero attached hydrogens (tertiary/aromatic N) is 3. The highest BCUT2D eigenvalue weighted by Gasteiger charge is 2.21. The Balaban J connectivity index is 1.45. The predicted octanol–water partition coefficient (Wildman–Crippen LogP) is 3.88. The Morgan fingerprint density at radius 1 is 1.03 bits per heavy atom. The molecule has 9 heteroatoms. The molecule has 1 aliphatic heterocycles. The molecular weight excluding hydrogens is 462 g/mol. The average molecular weight is 486 g/mol. The van der Waals surface area contributed by atoms with Crippen molar-refractivity contribution in [1.29, 1.82) is 0 Å². The van der Waals surface area contributed by atoms with E-state index >= 15 is 0 Å². The molecule has 4 heterocycles. The standard InChI is InChI=1S/C26H23N5O3S/c27-23-26(33)31(19-7-6-16-8-11-30(20(16)14-19)18-4-2-1-3-5-18)21-15-22(35-25(21)29-23)24(32)28-17-9-12-34-13-10-17/h1-8,11,14-15,17H,9-10,12-13H2,(H2,27,29)(H,28,32). The van der Waals surface area contributed by atoms with E-state index in [-0.39, 0.29) is 17.8 Å². The van der Waals surface area contributed by atoms with Crippen molar-refractivity contribution >= 4 is 44.3 Å². The highest BCUT2D eigenvalue weighted by molar-refractivity contribution is 7.20. The molecule has 3 N–H and O–H groups in total. The Labute approximate surface area is 204 Å². The summed E-state index contributed by atoms with van der Waals surface area (Å²) in [5, 5.41) is 4.12. The molecule has 5 aromatic rings. The number of anilines is 1. The lowest BCUT2D eigenvalue weighted by atomic mass is 10.1. The van der Waals surface area contributed by atoms with Crippen LogP contribution in [0.15, 0.2) is 71.7 Å². The van der Waals surface area contributed by atoms with E-state index in [1.54, 1.807) is 10.6 Å². The lowest BCUT2D eigenvalue weighted by Gasteiger charge is -2.22. The van der Waals surface area contributed by atoms with Gasteiger partial charge in [0.05, 0.1) is 21.6 Å². The third kappa shape index (κ3) is 3.88. The summed E-state index contributed by atoms with van der Waals surface area (Å²) in [6.45, 7) is 1.28. The van der Waals surface area contributed by atoms with E-state index in [4.69, 9.17) is 10.5 Å². The molecule has 0 aliphatic carbocycles. The zero-order chi connectivity index (χ0) is 23.9. The summed E-state index contributed by atoms with van der Waals surface area (Å²) in [6.07, 6.45) is 3.58. The van der Waals surface area contributed by atoms with E-state index < -0.39 is 5.56 Å². The van der Waals surface area contributed by atoms with E-state index in [1.807, 2.05) is 60.8 Å². The van der Waals surface area contributed by atoms with Gasteiger partial charge in [-0.05, 0) is 49.2 Å². The normalized spacial score (nSPS) is 14.5. The third-order valence-corrected chi connectivity index (χ3v) is 7.35. The molecule has 0 unspecified atom stereocenters. The maximum Gasteiger partial charge on any atom is 0.298 e. The molecule has 1 saturated heterocycles. The first-order chi connectivity index (χ1) is 17.1. The fourth-order valence-electron chi connectivity index (χ4n) is 4.53. The molecule has 3 aromatic heterocycles. The Morgan fingerprint density at radius 3 is 2.63 bits per heavy atom. The number of para-hydroxylation sites is 1. The number of benzene rings is 2. The van der Waals surface area contributed by atoms with E-state index in [0.717, 1.165) is 29.4 Å². The molecule has 176 valence electrons. The van der Waals surface area contributed by atoms with Crippen LogP contribution in [0.5, 0.6) is 0 Å². The maximum atomic E-state index is 13.2. The first-order valence-electron chi connectivity index (χ1n) is 11.5. The fourth-order valence-corrected chi connectivity index (χ4v) is 5.46. The second-order valence-electron chi connectivity index (χ2n) is 8.56. The molecule has 6 rings (SSSR count). The summed E-state index contributed by atoms with van der Waals surface area (Å²) in [7, 11) is 0. The van der Waals surface area contributed by atoms with Gasteiger partial charge in [-0.3, -0.25) is 14.2 Å². The monoisotopic (exact) mass is 485 g/mol. The molecule has 0 spiro atoms. The number of carbonyl (C=O) groups excluding carboxylic acids is 1. The molecular formula is C26H23N5O3S. The van der Waals surface area contributed by atoms with Crippen LogP contribution in [0.1, 0.15) is 22.5 Å². The third-order valence-electron chi connectivity index (χ3n) is 6.33. The van der Waals surface area contributed by atoms with Gasteiger partial charge in [0.15, 0.2) is 5.82 Å². The quantitative estimate of drug-likeness (QED) is 0.402. The van der Waals surface area contributed by atoms with Gasteiger partial charge in [-0.2, -0.15) is 0 Å². The Morgan fingerprint density at radius 2 is 1.83 bits per heavy atom. The zero-order valence-electron chi connectivity index (χ0n) is 18.8. The van der Waals surface area contributed by atoms with Gasteiger partial charge in [0.1, 0.15) is 4.83 Å². The second-order valence-corrected chi connectivity index (χ2v) is 9.59. The van der Waals surface area contributed by atoms with E-state index in [2.05, 4.69) is 14.9 Å². The first kappa shape index (κ1) is 21.6. The smallest absolute Gasteiger partial charge is 0.298 e. The van der Waals surface area contributed by atoms with Gasteiger partial charge in [0.2, 0.25) is 0 Å². The van der Waals surface area contributed by atoms with E-state index in [9.17, 15) is 9.59 Å². The molecule has 0 saturated carbocycles. The number of amides is 1. The minimum absolute atomic E-state index is 0.0786. The molecule has 8 nitrogen and oxygen atoms in total. The van der Waals surface area contributed by atoms with Crippen molar-refractivity contribution in [2.24, 2.45) is 0 Å². The number of aromatic nitrogens is 3. The van der Waals surface area contributed by atoms with Crippen LogP contribution in [0.2, 0.25) is 0 Å². The van der Waals surface area contributed by atoms with Crippen molar-refractivity contribution < 1.29 is 9.53 Å². The van der Waals surface area contributed by atoms with Crippen LogP contribution in [0.3, 0.4) is 0 Å². The van der Waals surface area contributed by atoms with Gasteiger partial charge < -0.3 is 20.4 Å². The number of thiophene rings is 1. The summed E-state index contributed by atoms with van der Waals surface area (Å²) in [5.74, 6) is -0.278. The van der Waals surface area contributed by atoms with Gasteiger partial charge in [-0.15, -0.1) is 11.3 Å². The van der Waals surface area contributed by atoms with E-state index in [0.29, 0.717) is 34.1 Å². The topological polar surface area (TPSA) is 104 Å². The summed E-state index contributed by atoms with van der Waals surface area (Å²) in [6, 6.07) is 19.7. The van der Waals surface area contributed by atoms with Crippen molar-refractivity contribution in [3.63, 3.8) is 0 Å². The molecule has 1 fully saturated rings. The summed E-state index contributed by atoms with van der Waals surface area (Å²) in [5.41, 5.74) is 8.80. The molecule has 2 aromatic carbocycles. The van der Waals surface area contributed by atoms with Crippen molar-refractivity contribution in [3.8, 4) is 11.4 Å². The van der Waals surface area contributed by atoms with Crippen LogP contribution in [-0.2, 0) is 4.74 Å². The molecule has 0 radical (unpaired) electrons. The van der Waals surface area contributed by atoms with Gasteiger partial charge >= 0.3 is 0 Å². The number of hydrogen-bond acceptors (Lipinski definition) is 6. The minimum atomic E-state index is -0.413. The number of hydrogen-bond donors (Lipinski definition) is 2. The summed E-state index contributed by atoms with van der Waals surface area (Å²) >= 11 is 1.23. The first-order valence-corrected chi connectivity index (χ1v) is 12.3. The largest absolute Gasteiger partial charge is 0.381 e. The van der Waals surface area contributed by atoms with Crippen molar-refractivity contribution in [1.82, 2.24) is 19.4 Å². The van der Waals surface area contributed by atoms with Crippen LogP contribution in [0, 0.1) is 0 Å². The lowest BCUT2D eigenvalue weighted by Crippen LogP contribution is -2.38. The van der Waals surface area contributed by atoms with Crippen LogP contribution < -0.4 is 16.6 Å². The van der Waals surface area contributed by atoms with Crippen molar-refractivity contribution in [2.45, 2.75) is 18.9 Å². The molecule has 0 bridgehead atoms. The number of fused-ring (bicyclic) bond motifs is 2. The van der Waals surface area contributed by atoms with Crippen molar-refractivity contribution in [2.75, 3.05) is 18.9 Å². The fraction of sp³-hybridized carbons (Fsp3) is 0.192. The van der Waals surface area contributed by atoms with Crippen LogP contribution in [0.25, 0.3) is 32.6 Å². The summed E-state index contributed by atoms with van der Waals surface area (Å²) in [4.78, 5) is 31.4. The highest BCUT2D eigenvalue weighted by atomic mass is 32.1. The maximum absolute atomic E-state index is 13.2. The highest BCUT2D eigenvalue weighted by Crippen LogP contribution is 2.28. The van der Waals surface area contributed by atoms with Crippen LogP contribution >= 0.6 is 11.3 Å². The zero-order valence-corrected chi connectivity index (χ0v) is 19.6. The van der Waals surface area contributed by atoms with Gasteiger partial charge in [0.25, 0.3) is 11.5 Å². The number of carbonyl (C=O) groups is 1. The molecule has 0 atom stereocenters. The van der Waals surface area contributed by atoms with Crippen molar-refractivity contribution in [3.05, 3.63) is 82.1 Å². The van der Waals surface area contributed by atoms with Gasteiger partial charge in [-0.1, -0.05) is 24.3 Å². The van der Waals surface area contributed by atoms with Crippen LogP contribution in [-0.4, -0.2) is 39.3 Å². The predicted molar refractivity (Wildman–Crippen MR) is 138 cm³/mol. The van der Waals surface area contributed by atoms with Gasteiger partial charge in [0, 0.05) is 36.5 Å². The molecule has 35 heavy (non-hydrogen) atoms. The second kappa shape index (κ2) is 8.68. The number of ether oxygens (including phenoxy) is 1. The minimum Gasteiger partial charge on any atom is -0.381 e. The Bertz CT molecular complexity index is 1610. The SMILES string of the molecule is Nc1nc2sc(C(=O)NC3CCOCC3)cc2n(-c2ccc3ccn(-c4ccccc4)c3c2)c1=O. The Kier molecular flexibility index (Phi) is 5.35. The lowest BCUT2D eigenvalue weighted by molar-refractivity contribution is 0.0698. The summed E-state index contributed by atoms with van der Waals surface area (Å²) < 4.78 is 8.99. The van der Waals surface area contributed by atoms with E-state index in [1.165, 1.54) is 11.3 Å². The van der Waals surface area contributed by atoms with Crippen LogP contribution in [0.4, 0.5) is 5.82 Å². The number of nitrogens with one attached hydrogen (secondary N) is 1. The number of nitrogen functional groups attached to an aromatic ring is 1.